The van der Waals surface area contributed by atoms with Crippen LogP contribution in [-0.2, 0) is 11.3 Å². The largest absolute Gasteiger partial charge is 0.487 e. The first-order valence-electron chi connectivity index (χ1n) is 11.4. The molecule has 2 aliphatic rings. The van der Waals surface area contributed by atoms with E-state index in [1.807, 2.05) is 41.5 Å². The van der Waals surface area contributed by atoms with Crippen LogP contribution in [0.1, 0.15) is 46.7 Å². The van der Waals surface area contributed by atoms with Crippen LogP contribution in [0.2, 0.25) is 0 Å². The molecule has 3 heterocycles. The average molecular weight is 444 g/mol. The number of thiazole rings is 1. The Labute approximate surface area is 189 Å². The fourth-order valence-electron chi connectivity index (χ4n) is 4.39. The number of likely N-dealkylation sites (tertiary alicyclic amines) is 1. The van der Waals surface area contributed by atoms with Gasteiger partial charge in [0, 0.05) is 37.1 Å². The molecule has 1 aromatic heterocycles. The second kappa shape index (κ2) is 11.1. The Balaban J connectivity index is 1.21. The molecule has 2 saturated heterocycles. The fourth-order valence-corrected chi connectivity index (χ4v) is 4.98. The van der Waals surface area contributed by atoms with Crippen LogP contribution in [0.15, 0.2) is 29.6 Å². The first-order valence-corrected chi connectivity index (χ1v) is 12.3. The summed E-state index contributed by atoms with van der Waals surface area (Å²) in [7, 11) is 0. The molecule has 2 aliphatic heterocycles. The van der Waals surface area contributed by atoms with E-state index in [4.69, 9.17) is 9.47 Å². The maximum Gasteiger partial charge on any atom is 0.253 e. The smallest absolute Gasteiger partial charge is 0.253 e. The highest BCUT2D eigenvalue weighted by Crippen LogP contribution is 2.24. The molecule has 4 rings (SSSR count). The number of rotatable bonds is 8. The van der Waals surface area contributed by atoms with Gasteiger partial charge in [-0.3, -0.25) is 9.69 Å². The molecule has 7 heteroatoms. The van der Waals surface area contributed by atoms with Crippen molar-refractivity contribution in [3.05, 3.63) is 45.9 Å². The van der Waals surface area contributed by atoms with E-state index in [2.05, 4.69) is 9.88 Å². The van der Waals surface area contributed by atoms with Gasteiger partial charge in [0.05, 0.1) is 23.9 Å². The number of benzene rings is 1. The van der Waals surface area contributed by atoms with Crippen LogP contribution in [0.3, 0.4) is 0 Å². The predicted octanol–water partition coefficient (Wildman–Crippen LogP) is 4.00. The van der Waals surface area contributed by atoms with Crippen LogP contribution in [0.5, 0.6) is 5.75 Å². The molecule has 0 N–H and O–H groups in total. The highest BCUT2D eigenvalue weighted by molar-refractivity contribution is 7.09. The molecule has 31 heavy (non-hydrogen) atoms. The minimum Gasteiger partial charge on any atom is -0.487 e. The number of aryl methyl sites for hydroxylation is 1. The van der Waals surface area contributed by atoms with Crippen LogP contribution >= 0.6 is 11.3 Å². The summed E-state index contributed by atoms with van der Waals surface area (Å²) in [6.45, 7) is 9.18. The quantitative estimate of drug-likeness (QED) is 0.617. The van der Waals surface area contributed by atoms with Crippen molar-refractivity contribution in [1.29, 1.82) is 0 Å². The SMILES string of the molecule is Cc1nc(COc2cccc(C(=O)N3CCC(CCCN4CCOCC4)CC3)c2)cs1. The van der Waals surface area contributed by atoms with E-state index in [0.29, 0.717) is 12.2 Å². The van der Waals surface area contributed by atoms with Crippen molar-refractivity contribution >= 4 is 17.2 Å². The predicted molar refractivity (Wildman–Crippen MR) is 123 cm³/mol. The number of piperidine rings is 1. The summed E-state index contributed by atoms with van der Waals surface area (Å²) in [5, 5.41) is 3.04. The first-order chi connectivity index (χ1) is 15.2. The molecule has 1 aromatic carbocycles. The maximum absolute atomic E-state index is 13.0. The molecule has 0 saturated carbocycles. The Bertz CT molecular complexity index is 842. The molecule has 0 radical (unpaired) electrons. The molecule has 0 unspecified atom stereocenters. The Kier molecular flexibility index (Phi) is 7.94. The number of amides is 1. The van der Waals surface area contributed by atoms with Gasteiger partial charge in [-0.15, -0.1) is 11.3 Å². The van der Waals surface area contributed by atoms with Crippen LogP contribution in [-0.4, -0.2) is 66.6 Å². The van der Waals surface area contributed by atoms with Gasteiger partial charge in [0.1, 0.15) is 12.4 Å². The van der Waals surface area contributed by atoms with Crippen LogP contribution in [0.4, 0.5) is 0 Å². The van der Waals surface area contributed by atoms with Crippen LogP contribution in [0.25, 0.3) is 0 Å². The lowest BCUT2D eigenvalue weighted by molar-refractivity contribution is 0.0361. The van der Waals surface area contributed by atoms with Gasteiger partial charge in [0.15, 0.2) is 0 Å². The van der Waals surface area contributed by atoms with Gasteiger partial charge in [0.25, 0.3) is 5.91 Å². The van der Waals surface area contributed by atoms with Gasteiger partial charge >= 0.3 is 0 Å². The summed E-state index contributed by atoms with van der Waals surface area (Å²) in [5.41, 5.74) is 1.63. The van der Waals surface area contributed by atoms with Crippen molar-refractivity contribution in [2.24, 2.45) is 5.92 Å². The molecule has 2 aromatic rings. The van der Waals surface area contributed by atoms with Crippen LogP contribution < -0.4 is 4.74 Å². The van der Waals surface area contributed by atoms with Crippen molar-refractivity contribution in [2.45, 2.75) is 39.2 Å². The zero-order valence-corrected chi connectivity index (χ0v) is 19.2. The van der Waals surface area contributed by atoms with Gasteiger partial charge in [-0.05, 0) is 63.3 Å². The summed E-state index contributed by atoms with van der Waals surface area (Å²) in [6, 6.07) is 7.54. The molecule has 2 fully saturated rings. The average Bonchev–Trinajstić information content (AvgIpc) is 3.24. The highest BCUT2D eigenvalue weighted by atomic mass is 32.1. The third-order valence-electron chi connectivity index (χ3n) is 6.23. The van der Waals surface area contributed by atoms with Gasteiger partial charge in [-0.2, -0.15) is 0 Å². The number of nitrogens with zero attached hydrogens (tertiary/aromatic N) is 3. The van der Waals surface area contributed by atoms with E-state index in [-0.39, 0.29) is 5.91 Å². The number of aromatic nitrogens is 1. The van der Waals surface area contributed by atoms with E-state index in [1.54, 1.807) is 11.3 Å². The molecule has 168 valence electrons. The lowest BCUT2D eigenvalue weighted by Crippen LogP contribution is -2.39. The van der Waals surface area contributed by atoms with E-state index in [0.717, 1.165) is 74.6 Å². The normalized spacial score (nSPS) is 18.3. The number of ether oxygens (including phenoxy) is 2. The Hall–Kier alpha value is -1.96. The number of hydrogen-bond acceptors (Lipinski definition) is 6. The molecule has 0 aliphatic carbocycles. The van der Waals surface area contributed by atoms with Crippen molar-refractivity contribution in [3.8, 4) is 5.75 Å². The number of carbonyl (C=O) groups is 1. The van der Waals surface area contributed by atoms with Crippen molar-refractivity contribution < 1.29 is 14.3 Å². The summed E-state index contributed by atoms with van der Waals surface area (Å²) in [6.07, 6.45) is 4.72. The van der Waals surface area contributed by atoms with Gasteiger partial charge < -0.3 is 14.4 Å². The molecular weight excluding hydrogens is 410 g/mol. The number of hydrogen-bond donors (Lipinski definition) is 0. The Morgan fingerprint density at radius 1 is 1.23 bits per heavy atom. The van der Waals surface area contributed by atoms with E-state index in [9.17, 15) is 4.79 Å². The van der Waals surface area contributed by atoms with Crippen molar-refractivity contribution in [3.63, 3.8) is 0 Å². The van der Waals surface area contributed by atoms with E-state index >= 15 is 0 Å². The summed E-state index contributed by atoms with van der Waals surface area (Å²) in [5.74, 6) is 1.57. The fraction of sp³-hybridized carbons (Fsp3) is 0.583. The molecular formula is C24H33N3O3S. The minimum atomic E-state index is 0.113. The maximum atomic E-state index is 13.0. The number of carbonyl (C=O) groups excluding carboxylic acids is 1. The van der Waals surface area contributed by atoms with E-state index < -0.39 is 0 Å². The Morgan fingerprint density at radius 2 is 2.03 bits per heavy atom. The highest BCUT2D eigenvalue weighted by Gasteiger charge is 2.24. The van der Waals surface area contributed by atoms with Crippen LogP contribution in [0, 0.1) is 12.8 Å². The van der Waals surface area contributed by atoms with Gasteiger partial charge in [-0.1, -0.05) is 6.07 Å². The molecule has 0 spiro atoms. The lowest BCUT2D eigenvalue weighted by atomic mass is 9.91. The van der Waals surface area contributed by atoms with Crippen molar-refractivity contribution in [2.75, 3.05) is 45.9 Å². The molecule has 0 atom stereocenters. The lowest BCUT2D eigenvalue weighted by Gasteiger charge is -2.33. The summed E-state index contributed by atoms with van der Waals surface area (Å²) >= 11 is 1.62. The van der Waals surface area contributed by atoms with Crippen molar-refractivity contribution in [1.82, 2.24) is 14.8 Å². The summed E-state index contributed by atoms with van der Waals surface area (Å²) in [4.78, 5) is 21.9. The van der Waals surface area contributed by atoms with E-state index in [1.165, 1.54) is 19.4 Å². The van der Waals surface area contributed by atoms with Gasteiger partial charge in [0.2, 0.25) is 0 Å². The molecule has 6 nitrogen and oxygen atoms in total. The van der Waals surface area contributed by atoms with Gasteiger partial charge in [-0.25, -0.2) is 4.98 Å². The minimum absolute atomic E-state index is 0.113. The standard InChI is InChI=1S/C24H33N3O3S/c1-19-25-22(18-31-19)17-30-23-6-2-5-21(16-23)24(28)27-10-7-20(8-11-27)4-3-9-26-12-14-29-15-13-26/h2,5-6,16,18,20H,3-4,7-15,17H2,1H3. The first kappa shape index (κ1) is 22.2. The second-order valence-corrected chi connectivity index (χ2v) is 9.57. The topological polar surface area (TPSA) is 54.9 Å². The zero-order valence-electron chi connectivity index (χ0n) is 18.4. The second-order valence-electron chi connectivity index (χ2n) is 8.51. The third-order valence-corrected chi connectivity index (χ3v) is 7.05. The third kappa shape index (κ3) is 6.51. The molecule has 1 amide bonds. The Morgan fingerprint density at radius 3 is 2.77 bits per heavy atom. The number of morpholine rings is 1. The molecule has 0 bridgehead atoms. The monoisotopic (exact) mass is 443 g/mol. The zero-order chi connectivity index (χ0) is 21.5. The summed E-state index contributed by atoms with van der Waals surface area (Å²) < 4.78 is 11.3.